The van der Waals surface area contributed by atoms with Gasteiger partial charge in [-0.15, -0.1) is 0 Å². The summed E-state index contributed by atoms with van der Waals surface area (Å²) < 4.78 is 4.88. The molecule has 0 bridgehead atoms. The summed E-state index contributed by atoms with van der Waals surface area (Å²) in [4.78, 5) is 30.7. The lowest BCUT2D eigenvalue weighted by Crippen LogP contribution is -2.19. The van der Waals surface area contributed by atoms with Crippen molar-refractivity contribution in [3.05, 3.63) is 81.0 Å². The number of rotatable bonds is 5. The standard InChI is InChI=1S/C22H22N2O4/c1-4-28-22(27)19-20(25)21(26)24-18(23-19)12-15-7-5-6-8-16(15)17-11-13(2)9-10-14(17)3/h5-11,25H,4,12H2,1-3H3,(H,23,24,26). The first-order chi connectivity index (χ1) is 13.4. The minimum atomic E-state index is -0.824. The monoisotopic (exact) mass is 378 g/mol. The predicted octanol–water partition coefficient (Wildman–Crippen LogP) is 3.53. The van der Waals surface area contributed by atoms with Crippen molar-refractivity contribution >= 4 is 5.97 Å². The average Bonchev–Trinajstić information content (AvgIpc) is 2.67. The Hall–Kier alpha value is -3.41. The number of esters is 1. The number of nitrogens with zero attached hydrogens (tertiary/aromatic N) is 1. The number of aromatic amines is 1. The first kappa shape index (κ1) is 19.4. The van der Waals surface area contributed by atoms with Gasteiger partial charge in [-0.1, -0.05) is 48.0 Å². The Labute approximate surface area is 162 Å². The van der Waals surface area contributed by atoms with Crippen LogP contribution in [0.5, 0.6) is 5.75 Å². The molecule has 0 atom stereocenters. The van der Waals surface area contributed by atoms with Crippen LogP contribution in [0.15, 0.2) is 47.3 Å². The molecule has 1 aromatic heterocycles. The molecule has 2 aromatic carbocycles. The fraction of sp³-hybridized carbons (Fsp3) is 0.227. The van der Waals surface area contributed by atoms with Crippen molar-refractivity contribution in [1.29, 1.82) is 0 Å². The van der Waals surface area contributed by atoms with E-state index >= 15 is 0 Å². The second-order valence-corrected chi connectivity index (χ2v) is 6.58. The maximum Gasteiger partial charge on any atom is 0.361 e. The first-order valence-electron chi connectivity index (χ1n) is 9.05. The maximum atomic E-state index is 12.1. The second-order valence-electron chi connectivity index (χ2n) is 6.58. The molecule has 0 amide bonds. The molecule has 6 heteroatoms. The van der Waals surface area contributed by atoms with Crippen LogP contribution in [0.2, 0.25) is 0 Å². The zero-order valence-electron chi connectivity index (χ0n) is 16.1. The Kier molecular flexibility index (Phi) is 5.59. The third-order valence-corrected chi connectivity index (χ3v) is 4.47. The highest BCUT2D eigenvalue weighted by molar-refractivity contribution is 5.89. The van der Waals surface area contributed by atoms with Crippen LogP contribution in [-0.2, 0) is 11.2 Å². The van der Waals surface area contributed by atoms with E-state index in [4.69, 9.17) is 4.74 Å². The molecule has 0 aliphatic heterocycles. The minimum Gasteiger partial charge on any atom is -0.501 e. The number of aromatic nitrogens is 2. The van der Waals surface area contributed by atoms with Crippen LogP contribution >= 0.6 is 0 Å². The lowest BCUT2D eigenvalue weighted by atomic mass is 9.93. The van der Waals surface area contributed by atoms with Crippen molar-refractivity contribution in [3.63, 3.8) is 0 Å². The van der Waals surface area contributed by atoms with Gasteiger partial charge in [0.05, 0.1) is 6.61 Å². The van der Waals surface area contributed by atoms with E-state index in [1.807, 2.05) is 38.1 Å². The summed E-state index contributed by atoms with van der Waals surface area (Å²) in [5.74, 6) is -1.27. The molecule has 0 saturated carbocycles. The normalized spacial score (nSPS) is 10.7. The zero-order valence-corrected chi connectivity index (χ0v) is 16.1. The summed E-state index contributed by atoms with van der Waals surface area (Å²) in [6.07, 6.45) is 0.297. The number of ether oxygens (including phenoxy) is 1. The molecule has 0 saturated heterocycles. The fourth-order valence-corrected chi connectivity index (χ4v) is 3.08. The highest BCUT2D eigenvalue weighted by Gasteiger charge is 2.19. The quantitative estimate of drug-likeness (QED) is 0.663. The SMILES string of the molecule is CCOC(=O)c1nc(Cc2ccccc2-c2cc(C)ccc2C)[nH]c(=O)c1O. The molecule has 28 heavy (non-hydrogen) atoms. The number of aryl methyl sites for hydroxylation is 2. The Morgan fingerprint density at radius 3 is 2.64 bits per heavy atom. The van der Waals surface area contributed by atoms with Crippen LogP contribution < -0.4 is 5.56 Å². The van der Waals surface area contributed by atoms with E-state index in [1.165, 1.54) is 0 Å². The first-order valence-corrected chi connectivity index (χ1v) is 9.05. The Bertz CT molecular complexity index is 1090. The molecule has 2 N–H and O–H groups in total. The molecule has 3 rings (SSSR count). The molecule has 0 aliphatic carbocycles. The number of carbonyl (C=O) groups is 1. The fourth-order valence-electron chi connectivity index (χ4n) is 3.08. The summed E-state index contributed by atoms with van der Waals surface area (Å²) in [5.41, 5.74) is 4.22. The Morgan fingerprint density at radius 2 is 1.89 bits per heavy atom. The van der Waals surface area contributed by atoms with Crippen LogP contribution in [0, 0.1) is 13.8 Å². The Morgan fingerprint density at radius 1 is 1.14 bits per heavy atom. The highest BCUT2D eigenvalue weighted by Crippen LogP contribution is 2.29. The van der Waals surface area contributed by atoms with Gasteiger partial charge in [-0.25, -0.2) is 9.78 Å². The molecule has 6 nitrogen and oxygen atoms in total. The van der Waals surface area contributed by atoms with E-state index < -0.39 is 17.3 Å². The van der Waals surface area contributed by atoms with Crippen LogP contribution in [0.25, 0.3) is 11.1 Å². The zero-order chi connectivity index (χ0) is 20.3. The molecule has 0 aliphatic rings. The highest BCUT2D eigenvalue weighted by atomic mass is 16.5. The van der Waals surface area contributed by atoms with Gasteiger partial charge >= 0.3 is 5.97 Å². The van der Waals surface area contributed by atoms with E-state index in [0.717, 1.165) is 27.8 Å². The van der Waals surface area contributed by atoms with Gasteiger partial charge in [0, 0.05) is 6.42 Å². The number of aromatic hydroxyl groups is 1. The molecule has 0 fully saturated rings. The van der Waals surface area contributed by atoms with Gasteiger partial charge in [0.2, 0.25) is 5.75 Å². The predicted molar refractivity (Wildman–Crippen MR) is 107 cm³/mol. The largest absolute Gasteiger partial charge is 0.501 e. The minimum absolute atomic E-state index is 0.123. The number of H-pyrrole nitrogens is 1. The average molecular weight is 378 g/mol. The molecular weight excluding hydrogens is 356 g/mol. The number of carbonyl (C=O) groups excluding carboxylic acids is 1. The third-order valence-electron chi connectivity index (χ3n) is 4.47. The van der Waals surface area contributed by atoms with Gasteiger partial charge < -0.3 is 14.8 Å². The molecule has 0 radical (unpaired) electrons. The van der Waals surface area contributed by atoms with Crippen molar-refractivity contribution in [2.45, 2.75) is 27.2 Å². The van der Waals surface area contributed by atoms with E-state index in [1.54, 1.807) is 6.92 Å². The number of hydrogen-bond donors (Lipinski definition) is 2. The van der Waals surface area contributed by atoms with Gasteiger partial charge in [-0.05, 0) is 43.0 Å². The van der Waals surface area contributed by atoms with Crippen LogP contribution in [0.4, 0.5) is 0 Å². The van der Waals surface area contributed by atoms with Gasteiger partial charge in [0.25, 0.3) is 5.56 Å². The van der Waals surface area contributed by atoms with Crippen molar-refractivity contribution in [1.82, 2.24) is 9.97 Å². The van der Waals surface area contributed by atoms with Crippen LogP contribution in [0.1, 0.15) is 39.9 Å². The third kappa shape index (κ3) is 3.96. The van der Waals surface area contributed by atoms with E-state index in [2.05, 4.69) is 28.2 Å². The van der Waals surface area contributed by atoms with Gasteiger partial charge in [0.1, 0.15) is 5.82 Å². The topological polar surface area (TPSA) is 92.3 Å². The maximum absolute atomic E-state index is 12.1. The molecule has 0 spiro atoms. The Balaban J connectivity index is 2.05. The molecule has 0 unspecified atom stereocenters. The van der Waals surface area contributed by atoms with E-state index in [9.17, 15) is 14.7 Å². The lowest BCUT2D eigenvalue weighted by molar-refractivity contribution is 0.0514. The smallest absolute Gasteiger partial charge is 0.361 e. The molecular formula is C22H22N2O4. The molecule has 1 heterocycles. The summed E-state index contributed by atoms with van der Waals surface area (Å²) >= 11 is 0. The summed E-state index contributed by atoms with van der Waals surface area (Å²) in [5, 5.41) is 9.88. The summed E-state index contributed by atoms with van der Waals surface area (Å²) in [6.45, 7) is 5.85. The van der Waals surface area contributed by atoms with Crippen LogP contribution in [-0.4, -0.2) is 27.7 Å². The van der Waals surface area contributed by atoms with E-state index in [-0.39, 0.29) is 18.1 Å². The molecule has 3 aromatic rings. The van der Waals surface area contributed by atoms with Gasteiger partial charge in [0.15, 0.2) is 5.69 Å². The van der Waals surface area contributed by atoms with Crippen molar-refractivity contribution in [2.24, 2.45) is 0 Å². The second kappa shape index (κ2) is 8.08. The van der Waals surface area contributed by atoms with Gasteiger partial charge in [-0.3, -0.25) is 4.79 Å². The lowest BCUT2D eigenvalue weighted by Gasteiger charge is -2.13. The van der Waals surface area contributed by atoms with Crippen molar-refractivity contribution in [3.8, 4) is 16.9 Å². The number of nitrogens with one attached hydrogen (secondary N) is 1. The van der Waals surface area contributed by atoms with Crippen LogP contribution in [0.3, 0.4) is 0 Å². The molecule has 144 valence electrons. The number of benzene rings is 2. The van der Waals surface area contributed by atoms with E-state index in [0.29, 0.717) is 6.42 Å². The van der Waals surface area contributed by atoms with Crippen molar-refractivity contribution in [2.75, 3.05) is 6.61 Å². The number of hydrogen-bond acceptors (Lipinski definition) is 5. The van der Waals surface area contributed by atoms with Gasteiger partial charge in [-0.2, -0.15) is 0 Å². The summed E-state index contributed by atoms with van der Waals surface area (Å²) in [7, 11) is 0. The van der Waals surface area contributed by atoms with Crippen molar-refractivity contribution < 1.29 is 14.6 Å². The summed E-state index contributed by atoms with van der Waals surface area (Å²) in [6, 6.07) is 14.1.